The zero-order valence-electron chi connectivity index (χ0n) is 11.2. The highest BCUT2D eigenvalue weighted by molar-refractivity contribution is 6.31. The minimum absolute atomic E-state index is 0.285. The topological polar surface area (TPSA) is 54.3 Å². The lowest BCUT2D eigenvalue weighted by Crippen LogP contribution is -2.13. The van der Waals surface area contributed by atoms with Gasteiger partial charge < -0.3 is 14.8 Å². The Morgan fingerprint density at radius 1 is 1.10 bits per heavy atom. The summed E-state index contributed by atoms with van der Waals surface area (Å²) in [6, 6.07) is 13.3. The molecule has 0 amide bonds. The van der Waals surface area contributed by atoms with Crippen molar-refractivity contribution in [1.82, 2.24) is 5.32 Å². The first kappa shape index (κ1) is 13.7. The molecule has 0 unspecified atom stereocenters. The molecular weight excluding hydrogens is 288 g/mol. The maximum absolute atomic E-state index is 8.81. The molecule has 0 aliphatic carbocycles. The van der Waals surface area contributed by atoms with E-state index in [4.69, 9.17) is 26.3 Å². The monoisotopic (exact) mass is 300 g/mol. The maximum Gasteiger partial charge on any atom is 0.231 e. The molecule has 0 atom stereocenters. The van der Waals surface area contributed by atoms with Crippen LogP contribution in [0.15, 0.2) is 36.4 Å². The molecule has 106 valence electrons. The molecule has 0 fully saturated rings. The number of benzene rings is 2. The summed E-state index contributed by atoms with van der Waals surface area (Å²) in [6.45, 7) is 1.62. The fraction of sp³-hybridized carbons (Fsp3) is 0.188. The predicted molar refractivity (Wildman–Crippen MR) is 79.3 cm³/mol. The second kappa shape index (κ2) is 6.04. The van der Waals surface area contributed by atoms with E-state index >= 15 is 0 Å². The third-order valence-corrected chi connectivity index (χ3v) is 3.62. The Kier molecular flexibility index (Phi) is 3.96. The molecule has 21 heavy (non-hydrogen) atoms. The van der Waals surface area contributed by atoms with Gasteiger partial charge in [0.25, 0.3) is 0 Å². The number of nitrogens with zero attached hydrogens (tertiary/aromatic N) is 1. The summed E-state index contributed by atoms with van der Waals surface area (Å²) >= 11 is 6.14. The van der Waals surface area contributed by atoms with Crippen molar-refractivity contribution in [3.63, 3.8) is 0 Å². The number of ether oxygens (including phenoxy) is 2. The summed E-state index contributed by atoms with van der Waals surface area (Å²) in [5.41, 5.74) is 2.65. The van der Waals surface area contributed by atoms with E-state index in [2.05, 4.69) is 11.4 Å². The number of nitrogens with one attached hydrogen (secondary N) is 1. The minimum Gasteiger partial charge on any atom is -0.454 e. The molecule has 3 rings (SSSR count). The highest BCUT2D eigenvalue weighted by Crippen LogP contribution is 2.32. The van der Waals surface area contributed by atoms with Crippen LogP contribution in [0.3, 0.4) is 0 Å². The molecule has 2 aromatic rings. The van der Waals surface area contributed by atoms with Crippen molar-refractivity contribution >= 4 is 11.6 Å². The van der Waals surface area contributed by atoms with Crippen molar-refractivity contribution < 1.29 is 9.47 Å². The van der Waals surface area contributed by atoms with Gasteiger partial charge in [0, 0.05) is 18.1 Å². The van der Waals surface area contributed by atoms with Crippen LogP contribution in [0, 0.1) is 11.3 Å². The highest BCUT2D eigenvalue weighted by atomic mass is 35.5. The lowest BCUT2D eigenvalue weighted by Gasteiger charge is -2.08. The number of rotatable bonds is 4. The van der Waals surface area contributed by atoms with Crippen molar-refractivity contribution in [3.05, 3.63) is 58.1 Å². The normalized spacial score (nSPS) is 12.2. The van der Waals surface area contributed by atoms with E-state index < -0.39 is 0 Å². The summed E-state index contributed by atoms with van der Waals surface area (Å²) in [7, 11) is 0. The highest BCUT2D eigenvalue weighted by Gasteiger charge is 2.12. The van der Waals surface area contributed by atoms with Gasteiger partial charge in [0.1, 0.15) is 0 Å². The molecule has 1 aliphatic rings. The van der Waals surface area contributed by atoms with Crippen LogP contribution in [0.1, 0.15) is 16.7 Å². The SMILES string of the molecule is N#Cc1ccc(CNCc2ccc3c(c2)OCO3)c(Cl)c1. The van der Waals surface area contributed by atoms with E-state index in [9.17, 15) is 0 Å². The first-order valence-corrected chi connectivity index (χ1v) is 6.92. The van der Waals surface area contributed by atoms with E-state index in [-0.39, 0.29) is 6.79 Å². The number of nitriles is 1. The van der Waals surface area contributed by atoms with Gasteiger partial charge in [-0.05, 0) is 35.4 Å². The zero-order chi connectivity index (χ0) is 14.7. The Morgan fingerprint density at radius 3 is 2.76 bits per heavy atom. The summed E-state index contributed by atoms with van der Waals surface area (Å²) in [5.74, 6) is 1.57. The Balaban J connectivity index is 1.60. The second-order valence-corrected chi connectivity index (χ2v) is 5.12. The zero-order valence-corrected chi connectivity index (χ0v) is 12.0. The van der Waals surface area contributed by atoms with E-state index in [1.165, 1.54) is 0 Å². The average molecular weight is 301 g/mol. The van der Waals surface area contributed by atoms with Gasteiger partial charge in [-0.2, -0.15) is 5.26 Å². The molecule has 1 heterocycles. The van der Waals surface area contributed by atoms with Crippen LogP contribution in [0.4, 0.5) is 0 Å². The average Bonchev–Trinajstić information content (AvgIpc) is 2.96. The Hall–Kier alpha value is -2.22. The van der Waals surface area contributed by atoms with Gasteiger partial charge in [0.05, 0.1) is 11.6 Å². The first-order valence-electron chi connectivity index (χ1n) is 6.54. The Morgan fingerprint density at radius 2 is 1.95 bits per heavy atom. The van der Waals surface area contributed by atoms with Crippen LogP contribution in [-0.2, 0) is 13.1 Å². The van der Waals surface area contributed by atoms with Gasteiger partial charge in [-0.3, -0.25) is 0 Å². The minimum atomic E-state index is 0.285. The van der Waals surface area contributed by atoms with E-state index in [1.807, 2.05) is 24.3 Å². The predicted octanol–water partition coefficient (Wildman–Crippen LogP) is 3.23. The molecule has 0 saturated heterocycles. The fourth-order valence-corrected chi connectivity index (χ4v) is 2.40. The van der Waals surface area contributed by atoms with Gasteiger partial charge in [0.2, 0.25) is 6.79 Å². The van der Waals surface area contributed by atoms with E-state index in [0.717, 1.165) is 22.6 Å². The summed E-state index contributed by atoms with van der Waals surface area (Å²) in [5, 5.41) is 12.7. The van der Waals surface area contributed by atoms with Gasteiger partial charge in [-0.15, -0.1) is 0 Å². The van der Waals surface area contributed by atoms with Crippen LogP contribution in [-0.4, -0.2) is 6.79 Å². The number of hydrogen-bond donors (Lipinski definition) is 1. The molecule has 5 heteroatoms. The van der Waals surface area contributed by atoms with Gasteiger partial charge in [0.15, 0.2) is 11.5 Å². The Labute approximate surface area is 127 Å². The number of halogens is 1. The molecule has 0 aromatic heterocycles. The van der Waals surface area contributed by atoms with Gasteiger partial charge in [-0.25, -0.2) is 0 Å². The summed E-state index contributed by atoms with van der Waals surface area (Å²) < 4.78 is 10.6. The number of fused-ring (bicyclic) bond motifs is 1. The molecule has 4 nitrogen and oxygen atoms in total. The molecule has 0 spiro atoms. The maximum atomic E-state index is 8.81. The van der Waals surface area contributed by atoms with Crippen LogP contribution < -0.4 is 14.8 Å². The molecule has 0 radical (unpaired) electrons. The van der Waals surface area contributed by atoms with Crippen LogP contribution in [0.5, 0.6) is 11.5 Å². The van der Waals surface area contributed by atoms with Crippen molar-refractivity contribution in [1.29, 1.82) is 5.26 Å². The molecule has 0 bridgehead atoms. The third-order valence-electron chi connectivity index (χ3n) is 3.26. The van der Waals surface area contributed by atoms with E-state index in [0.29, 0.717) is 23.7 Å². The van der Waals surface area contributed by atoms with Crippen molar-refractivity contribution in [2.75, 3.05) is 6.79 Å². The van der Waals surface area contributed by atoms with Crippen molar-refractivity contribution in [3.8, 4) is 17.6 Å². The quantitative estimate of drug-likeness (QED) is 0.942. The van der Waals surface area contributed by atoms with Crippen LogP contribution in [0.25, 0.3) is 0 Å². The molecule has 1 aliphatic heterocycles. The lowest BCUT2D eigenvalue weighted by atomic mass is 10.1. The Bertz CT molecular complexity index is 710. The fourth-order valence-electron chi connectivity index (χ4n) is 2.15. The van der Waals surface area contributed by atoms with Crippen molar-refractivity contribution in [2.24, 2.45) is 0 Å². The molecular formula is C16H13ClN2O2. The summed E-state index contributed by atoms with van der Waals surface area (Å²) in [4.78, 5) is 0. The largest absolute Gasteiger partial charge is 0.454 e. The number of hydrogen-bond acceptors (Lipinski definition) is 4. The van der Waals surface area contributed by atoms with Crippen molar-refractivity contribution in [2.45, 2.75) is 13.1 Å². The van der Waals surface area contributed by atoms with Crippen LogP contribution >= 0.6 is 11.6 Å². The smallest absolute Gasteiger partial charge is 0.231 e. The van der Waals surface area contributed by atoms with E-state index in [1.54, 1.807) is 12.1 Å². The lowest BCUT2D eigenvalue weighted by molar-refractivity contribution is 0.174. The van der Waals surface area contributed by atoms with Gasteiger partial charge in [-0.1, -0.05) is 23.7 Å². The van der Waals surface area contributed by atoms with Crippen LogP contribution in [0.2, 0.25) is 5.02 Å². The van der Waals surface area contributed by atoms with Gasteiger partial charge >= 0.3 is 0 Å². The second-order valence-electron chi connectivity index (χ2n) is 4.71. The molecule has 1 N–H and O–H groups in total. The molecule has 0 saturated carbocycles. The summed E-state index contributed by atoms with van der Waals surface area (Å²) in [6.07, 6.45) is 0. The third kappa shape index (κ3) is 3.10. The standard InChI is InChI=1S/C16H13ClN2O2/c17-14-5-11(7-18)1-3-13(14)9-19-8-12-2-4-15-16(6-12)21-10-20-15/h1-6,19H,8-10H2. The molecule has 2 aromatic carbocycles. The first-order chi connectivity index (χ1) is 10.3.